The van der Waals surface area contributed by atoms with Crippen molar-refractivity contribution >= 4 is 21.8 Å². The number of likely N-dealkylation sites (N-methyl/N-ethyl adjacent to an activating group) is 1. The van der Waals surface area contributed by atoms with Gasteiger partial charge in [0, 0.05) is 29.7 Å². The van der Waals surface area contributed by atoms with E-state index in [0.29, 0.717) is 6.04 Å². The third kappa shape index (κ3) is 2.93. The molecule has 18 heavy (non-hydrogen) atoms. The zero-order chi connectivity index (χ0) is 13.1. The monoisotopic (exact) mass is 310 g/mol. The summed E-state index contributed by atoms with van der Waals surface area (Å²) in [5, 5.41) is 3.34. The Bertz CT molecular complexity index is 441. The predicted molar refractivity (Wildman–Crippen MR) is 76.9 cm³/mol. The van der Waals surface area contributed by atoms with Crippen LogP contribution in [0.2, 0.25) is 0 Å². The number of nitrogens with one attached hydrogen (secondary N) is 1. The normalized spacial score (nSPS) is 19.6. The lowest BCUT2D eigenvalue weighted by Crippen LogP contribution is -2.46. The van der Waals surface area contributed by atoms with E-state index in [1.165, 1.54) is 0 Å². The molecule has 1 aromatic rings. The third-order valence-corrected chi connectivity index (χ3v) is 4.43. The van der Waals surface area contributed by atoms with E-state index in [0.717, 1.165) is 41.5 Å². The molecule has 4 heteroatoms. The van der Waals surface area contributed by atoms with Crippen LogP contribution in [0.4, 0.5) is 0 Å². The van der Waals surface area contributed by atoms with E-state index in [4.69, 9.17) is 0 Å². The molecule has 1 amide bonds. The summed E-state index contributed by atoms with van der Waals surface area (Å²) in [7, 11) is 1.90. The van der Waals surface area contributed by atoms with Gasteiger partial charge >= 0.3 is 0 Å². The number of piperidine rings is 1. The van der Waals surface area contributed by atoms with Crippen molar-refractivity contribution in [2.75, 3.05) is 20.1 Å². The highest BCUT2D eigenvalue weighted by atomic mass is 79.9. The van der Waals surface area contributed by atoms with Gasteiger partial charge in [-0.3, -0.25) is 4.79 Å². The zero-order valence-corrected chi connectivity index (χ0v) is 12.5. The molecule has 1 N–H and O–H groups in total. The van der Waals surface area contributed by atoms with Crippen LogP contribution < -0.4 is 5.32 Å². The van der Waals surface area contributed by atoms with Gasteiger partial charge in [0.15, 0.2) is 0 Å². The van der Waals surface area contributed by atoms with E-state index in [2.05, 4.69) is 21.2 Å². The minimum atomic E-state index is 0.110. The first-order chi connectivity index (χ1) is 8.59. The molecular weight excluding hydrogens is 292 g/mol. The Morgan fingerprint density at radius 2 is 2.28 bits per heavy atom. The molecule has 0 bridgehead atoms. The number of hydrogen-bond acceptors (Lipinski definition) is 2. The Labute approximate surface area is 117 Å². The van der Waals surface area contributed by atoms with Crippen LogP contribution in [0.25, 0.3) is 0 Å². The third-order valence-electron chi connectivity index (χ3n) is 3.54. The van der Waals surface area contributed by atoms with Gasteiger partial charge in [-0.15, -0.1) is 0 Å². The van der Waals surface area contributed by atoms with Crippen molar-refractivity contribution in [3.8, 4) is 0 Å². The van der Waals surface area contributed by atoms with Crippen molar-refractivity contribution in [2.24, 2.45) is 0 Å². The first-order valence-corrected chi connectivity index (χ1v) is 7.13. The Balaban J connectivity index is 2.11. The van der Waals surface area contributed by atoms with E-state index < -0.39 is 0 Å². The van der Waals surface area contributed by atoms with Gasteiger partial charge in [0.25, 0.3) is 5.91 Å². The SMILES string of the molecule is Cc1cc(C(=O)N(C)C2CCCNC2)ccc1Br. The van der Waals surface area contributed by atoms with E-state index in [1.807, 2.05) is 37.1 Å². The Kier molecular flexibility index (Phi) is 4.40. The molecule has 0 aliphatic carbocycles. The van der Waals surface area contributed by atoms with Crippen LogP contribution in [0.15, 0.2) is 22.7 Å². The molecule has 3 nitrogen and oxygen atoms in total. The van der Waals surface area contributed by atoms with Crippen LogP contribution in [-0.2, 0) is 0 Å². The number of carbonyl (C=O) groups excluding carboxylic acids is 1. The van der Waals surface area contributed by atoms with E-state index >= 15 is 0 Å². The van der Waals surface area contributed by atoms with Crippen molar-refractivity contribution in [3.63, 3.8) is 0 Å². The Morgan fingerprint density at radius 3 is 2.89 bits per heavy atom. The maximum Gasteiger partial charge on any atom is 0.253 e. The van der Waals surface area contributed by atoms with Gasteiger partial charge in [-0.25, -0.2) is 0 Å². The predicted octanol–water partition coefficient (Wildman–Crippen LogP) is 2.58. The lowest BCUT2D eigenvalue weighted by Gasteiger charge is -2.31. The lowest BCUT2D eigenvalue weighted by atomic mass is 10.0. The topological polar surface area (TPSA) is 32.3 Å². The van der Waals surface area contributed by atoms with E-state index in [9.17, 15) is 4.79 Å². The van der Waals surface area contributed by atoms with Crippen molar-refractivity contribution in [3.05, 3.63) is 33.8 Å². The van der Waals surface area contributed by atoms with Gasteiger partial charge in [0.2, 0.25) is 0 Å². The molecule has 0 radical (unpaired) electrons. The second-order valence-electron chi connectivity index (χ2n) is 4.88. The van der Waals surface area contributed by atoms with Crippen molar-refractivity contribution in [1.29, 1.82) is 0 Å². The number of amides is 1. The molecule has 1 fully saturated rings. The van der Waals surface area contributed by atoms with E-state index in [1.54, 1.807) is 0 Å². The fourth-order valence-corrected chi connectivity index (χ4v) is 2.56. The largest absolute Gasteiger partial charge is 0.337 e. The van der Waals surface area contributed by atoms with Crippen LogP contribution in [0.1, 0.15) is 28.8 Å². The van der Waals surface area contributed by atoms with Gasteiger partial charge < -0.3 is 10.2 Å². The molecule has 98 valence electrons. The van der Waals surface area contributed by atoms with Gasteiger partial charge in [0.1, 0.15) is 0 Å². The molecule has 1 aromatic carbocycles. The van der Waals surface area contributed by atoms with Crippen LogP contribution in [0.5, 0.6) is 0 Å². The molecule has 0 saturated carbocycles. The lowest BCUT2D eigenvalue weighted by molar-refractivity contribution is 0.0708. The summed E-state index contributed by atoms with van der Waals surface area (Å²) < 4.78 is 1.04. The fraction of sp³-hybridized carbons (Fsp3) is 0.500. The van der Waals surface area contributed by atoms with Crippen LogP contribution >= 0.6 is 15.9 Å². The summed E-state index contributed by atoms with van der Waals surface area (Å²) >= 11 is 3.46. The molecule has 1 unspecified atom stereocenters. The molecular formula is C14H19BrN2O. The maximum absolute atomic E-state index is 12.4. The standard InChI is InChI=1S/C14H19BrN2O/c1-10-8-11(5-6-13(10)15)14(18)17(2)12-4-3-7-16-9-12/h5-6,8,12,16H,3-4,7,9H2,1-2H3. The number of hydrogen-bond donors (Lipinski definition) is 1. The molecule has 1 aliphatic rings. The van der Waals surface area contributed by atoms with Gasteiger partial charge in [-0.2, -0.15) is 0 Å². The first kappa shape index (κ1) is 13.6. The average Bonchev–Trinajstić information content (AvgIpc) is 2.41. The zero-order valence-electron chi connectivity index (χ0n) is 10.9. The molecule has 1 aliphatic heterocycles. The fourth-order valence-electron chi connectivity index (χ4n) is 2.31. The number of rotatable bonds is 2. The molecule has 2 rings (SSSR count). The number of aryl methyl sites for hydroxylation is 1. The molecule has 0 spiro atoms. The van der Waals surface area contributed by atoms with Gasteiger partial charge in [0.05, 0.1) is 0 Å². The smallest absolute Gasteiger partial charge is 0.253 e. The summed E-state index contributed by atoms with van der Waals surface area (Å²) in [5.41, 5.74) is 1.86. The highest BCUT2D eigenvalue weighted by Crippen LogP contribution is 2.19. The summed E-state index contributed by atoms with van der Waals surface area (Å²) in [4.78, 5) is 14.3. The summed E-state index contributed by atoms with van der Waals surface area (Å²) in [6, 6.07) is 6.08. The highest BCUT2D eigenvalue weighted by molar-refractivity contribution is 9.10. The summed E-state index contributed by atoms with van der Waals surface area (Å²) in [6.45, 7) is 3.97. The number of nitrogens with zero attached hydrogens (tertiary/aromatic N) is 1. The van der Waals surface area contributed by atoms with Crippen molar-refractivity contribution in [2.45, 2.75) is 25.8 Å². The molecule has 1 saturated heterocycles. The summed E-state index contributed by atoms with van der Waals surface area (Å²) in [5.74, 6) is 0.110. The number of carbonyl (C=O) groups is 1. The highest BCUT2D eigenvalue weighted by Gasteiger charge is 2.22. The first-order valence-electron chi connectivity index (χ1n) is 6.33. The molecule has 1 heterocycles. The minimum Gasteiger partial charge on any atom is -0.337 e. The second kappa shape index (κ2) is 5.85. The second-order valence-corrected chi connectivity index (χ2v) is 5.73. The number of halogens is 1. The van der Waals surface area contributed by atoms with E-state index in [-0.39, 0.29) is 5.91 Å². The van der Waals surface area contributed by atoms with Crippen LogP contribution in [-0.4, -0.2) is 37.0 Å². The van der Waals surface area contributed by atoms with Crippen molar-refractivity contribution in [1.82, 2.24) is 10.2 Å². The molecule has 1 atom stereocenters. The minimum absolute atomic E-state index is 0.110. The van der Waals surface area contributed by atoms with Gasteiger partial charge in [-0.1, -0.05) is 15.9 Å². The Morgan fingerprint density at radius 1 is 1.50 bits per heavy atom. The number of benzene rings is 1. The average molecular weight is 311 g/mol. The van der Waals surface area contributed by atoms with Crippen LogP contribution in [0.3, 0.4) is 0 Å². The van der Waals surface area contributed by atoms with Crippen LogP contribution in [0, 0.1) is 6.92 Å². The maximum atomic E-state index is 12.4. The Hall–Kier alpha value is -0.870. The molecule has 0 aromatic heterocycles. The van der Waals surface area contributed by atoms with Gasteiger partial charge in [-0.05, 0) is 50.1 Å². The van der Waals surface area contributed by atoms with Crippen molar-refractivity contribution < 1.29 is 4.79 Å². The summed E-state index contributed by atoms with van der Waals surface area (Å²) in [6.07, 6.45) is 2.23. The quantitative estimate of drug-likeness (QED) is 0.910.